The molecule has 0 radical (unpaired) electrons. The number of Topliss-reactive ketones (excluding diaryl/α,β-unsaturated/α-hetero) is 1. The number of non-ortho nitro benzene ring substituents is 1. The topological polar surface area (TPSA) is 72.2 Å². The van der Waals surface area contributed by atoms with Gasteiger partial charge in [0.2, 0.25) is 0 Å². The summed E-state index contributed by atoms with van der Waals surface area (Å²) in [7, 11) is 0. The highest BCUT2D eigenvalue weighted by atomic mass is 16.6. The van der Waals surface area contributed by atoms with Crippen LogP contribution in [0.15, 0.2) is 18.2 Å². The number of carbonyl (C=O) groups excluding carboxylic acids is 1. The zero-order valence-corrected chi connectivity index (χ0v) is 10.7. The number of fused-ring (bicyclic) bond motifs is 1. The molecule has 0 spiro atoms. The van der Waals surface area contributed by atoms with E-state index in [1.807, 2.05) is 0 Å². The fraction of sp³-hybridized carbons (Fsp3) is 0.462. The van der Waals surface area contributed by atoms with E-state index in [-0.39, 0.29) is 22.9 Å². The second-order valence-electron chi connectivity index (χ2n) is 5.38. The molecule has 1 aliphatic rings. The van der Waals surface area contributed by atoms with Crippen LogP contribution in [0.3, 0.4) is 0 Å². The van der Waals surface area contributed by atoms with Gasteiger partial charge in [-0.3, -0.25) is 14.9 Å². The SMILES string of the molecule is CC(=O)C1CC(C)(C)c2ccc([N+](=O)[O-])cc2N1. The zero-order chi connectivity index (χ0) is 13.5. The van der Waals surface area contributed by atoms with Crippen molar-refractivity contribution in [2.45, 2.75) is 38.6 Å². The standard InChI is InChI=1S/C13H16N2O3/c1-8(16)12-7-13(2,3)10-5-4-9(15(17)18)6-11(10)14-12/h4-6,12,14H,7H2,1-3H3. The normalized spacial score (nSPS) is 20.7. The number of carbonyl (C=O) groups is 1. The van der Waals surface area contributed by atoms with E-state index in [2.05, 4.69) is 19.2 Å². The summed E-state index contributed by atoms with van der Waals surface area (Å²) >= 11 is 0. The Labute approximate surface area is 105 Å². The number of hydrogen-bond acceptors (Lipinski definition) is 4. The molecular formula is C13H16N2O3. The Bertz CT molecular complexity index is 523. The summed E-state index contributed by atoms with van der Waals surface area (Å²) in [5, 5.41) is 13.9. The molecule has 5 nitrogen and oxygen atoms in total. The minimum Gasteiger partial charge on any atom is -0.375 e. The summed E-state index contributed by atoms with van der Waals surface area (Å²) < 4.78 is 0. The zero-order valence-electron chi connectivity index (χ0n) is 10.7. The molecule has 0 fully saturated rings. The van der Waals surface area contributed by atoms with Crippen LogP contribution in [0.2, 0.25) is 0 Å². The fourth-order valence-electron chi connectivity index (χ4n) is 2.46. The highest BCUT2D eigenvalue weighted by Gasteiger charge is 2.35. The molecule has 18 heavy (non-hydrogen) atoms. The summed E-state index contributed by atoms with van der Waals surface area (Å²) in [6.45, 7) is 5.64. The molecule has 0 saturated carbocycles. The lowest BCUT2D eigenvalue weighted by Gasteiger charge is -2.37. The monoisotopic (exact) mass is 248 g/mol. The third-order valence-corrected chi connectivity index (χ3v) is 3.48. The molecule has 5 heteroatoms. The van der Waals surface area contributed by atoms with Crippen molar-refractivity contribution in [2.75, 3.05) is 5.32 Å². The number of nitro groups is 1. The second kappa shape index (κ2) is 4.08. The van der Waals surface area contributed by atoms with Gasteiger partial charge in [0.15, 0.2) is 5.78 Å². The van der Waals surface area contributed by atoms with Crippen LogP contribution in [0.5, 0.6) is 0 Å². The van der Waals surface area contributed by atoms with Gasteiger partial charge in [0.05, 0.1) is 11.0 Å². The van der Waals surface area contributed by atoms with Gasteiger partial charge < -0.3 is 5.32 Å². The molecule has 96 valence electrons. The van der Waals surface area contributed by atoms with Gasteiger partial charge in [-0.15, -0.1) is 0 Å². The number of anilines is 1. The van der Waals surface area contributed by atoms with Crippen LogP contribution in [0.4, 0.5) is 11.4 Å². The largest absolute Gasteiger partial charge is 0.375 e. The molecule has 0 saturated heterocycles. The predicted molar refractivity (Wildman–Crippen MR) is 68.8 cm³/mol. The van der Waals surface area contributed by atoms with Gasteiger partial charge in [0, 0.05) is 17.8 Å². The third-order valence-electron chi connectivity index (χ3n) is 3.48. The first-order valence-electron chi connectivity index (χ1n) is 5.87. The van der Waals surface area contributed by atoms with Gasteiger partial charge in [0.25, 0.3) is 5.69 Å². The van der Waals surface area contributed by atoms with E-state index in [0.29, 0.717) is 12.1 Å². The smallest absolute Gasteiger partial charge is 0.271 e. The lowest BCUT2D eigenvalue weighted by molar-refractivity contribution is -0.384. The van der Waals surface area contributed by atoms with Gasteiger partial charge in [0.1, 0.15) is 0 Å². The van der Waals surface area contributed by atoms with Crippen molar-refractivity contribution < 1.29 is 9.72 Å². The fourth-order valence-corrected chi connectivity index (χ4v) is 2.46. The van der Waals surface area contributed by atoms with Crippen molar-refractivity contribution in [1.82, 2.24) is 0 Å². The van der Waals surface area contributed by atoms with Gasteiger partial charge in [-0.2, -0.15) is 0 Å². The van der Waals surface area contributed by atoms with E-state index in [0.717, 1.165) is 5.56 Å². The van der Waals surface area contributed by atoms with Crippen LogP contribution in [0.1, 0.15) is 32.8 Å². The van der Waals surface area contributed by atoms with Crippen molar-refractivity contribution in [3.05, 3.63) is 33.9 Å². The number of nitrogens with zero attached hydrogens (tertiary/aromatic N) is 1. The Kier molecular flexibility index (Phi) is 2.84. The van der Waals surface area contributed by atoms with E-state index < -0.39 is 4.92 Å². The Morgan fingerprint density at radius 3 is 2.72 bits per heavy atom. The van der Waals surface area contributed by atoms with Gasteiger partial charge in [-0.05, 0) is 30.4 Å². The van der Waals surface area contributed by atoms with Crippen LogP contribution >= 0.6 is 0 Å². The number of benzene rings is 1. The van der Waals surface area contributed by atoms with Gasteiger partial charge >= 0.3 is 0 Å². The molecule has 0 amide bonds. The van der Waals surface area contributed by atoms with Crippen LogP contribution < -0.4 is 5.32 Å². The number of nitro benzene ring substituents is 1. The summed E-state index contributed by atoms with van der Waals surface area (Å²) in [5.74, 6) is 0.0558. The average Bonchev–Trinajstić information content (AvgIpc) is 2.27. The Balaban J connectivity index is 2.49. The number of nitrogens with one attached hydrogen (secondary N) is 1. The molecule has 1 aliphatic heterocycles. The number of ketones is 1. The second-order valence-corrected chi connectivity index (χ2v) is 5.38. The van der Waals surface area contributed by atoms with Crippen LogP contribution in [0, 0.1) is 10.1 Å². The Morgan fingerprint density at radius 1 is 1.50 bits per heavy atom. The lowest BCUT2D eigenvalue weighted by atomic mass is 9.74. The van der Waals surface area contributed by atoms with Gasteiger partial charge in [-0.25, -0.2) is 0 Å². The van der Waals surface area contributed by atoms with Crippen molar-refractivity contribution in [1.29, 1.82) is 0 Å². The first-order valence-corrected chi connectivity index (χ1v) is 5.87. The Morgan fingerprint density at radius 2 is 2.17 bits per heavy atom. The summed E-state index contributed by atoms with van der Waals surface area (Å²) in [4.78, 5) is 21.9. The summed E-state index contributed by atoms with van der Waals surface area (Å²) in [6.07, 6.45) is 0.702. The van der Waals surface area contributed by atoms with Crippen LogP contribution in [-0.4, -0.2) is 16.7 Å². The minimum atomic E-state index is -0.424. The molecule has 0 bridgehead atoms. The number of hydrogen-bond donors (Lipinski definition) is 1. The maximum atomic E-state index is 11.5. The van der Waals surface area contributed by atoms with E-state index >= 15 is 0 Å². The lowest BCUT2D eigenvalue weighted by Crippen LogP contribution is -2.40. The van der Waals surface area contributed by atoms with E-state index in [4.69, 9.17) is 0 Å². The molecule has 1 atom stereocenters. The molecule has 1 aromatic rings. The predicted octanol–water partition coefficient (Wildman–Crippen LogP) is 2.65. The Hall–Kier alpha value is -1.91. The average molecular weight is 248 g/mol. The molecule has 1 unspecified atom stereocenters. The highest BCUT2D eigenvalue weighted by Crippen LogP contribution is 2.40. The van der Waals surface area contributed by atoms with E-state index in [1.165, 1.54) is 19.1 Å². The van der Waals surface area contributed by atoms with Crippen molar-refractivity contribution >= 4 is 17.2 Å². The van der Waals surface area contributed by atoms with Crippen molar-refractivity contribution in [3.63, 3.8) is 0 Å². The molecule has 1 aromatic carbocycles. The quantitative estimate of drug-likeness (QED) is 0.645. The minimum absolute atomic E-state index is 0.0428. The van der Waals surface area contributed by atoms with Crippen LogP contribution in [-0.2, 0) is 10.2 Å². The molecule has 0 aliphatic carbocycles. The highest BCUT2D eigenvalue weighted by molar-refractivity contribution is 5.86. The maximum Gasteiger partial charge on any atom is 0.271 e. The first kappa shape index (κ1) is 12.5. The number of rotatable bonds is 2. The van der Waals surface area contributed by atoms with Crippen LogP contribution in [0.25, 0.3) is 0 Å². The van der Waals surface area contributed by atoms with Crippen molar-refractivity contribution in [3.8, 4) is 0 Å². The molecular weight excluding hydrogens is 232 g/mol. The first-order chi connectivity index (χ1) is 8.31. The third kappa shape index (κ3) is 2.08. The maximum absolute atomic E-state index is 11.5. The molecule has 0 aromatic heterocycles. The summed E-state index contributed by atoms with van der Waals surface area (Å²) in [5.41, 5.74) is 1.60. The molecule has 2 rings (SSSR count). The van der Waals surface area contributed by atoms with Gasteiger partial charge in [-0.1, -0.05) is 13.8 Å². The van der Waals surface area contributed by atoms with Crippen molar-refractivity contribution in [2.24, 2.45) is 0 Å². The molecule has 1 heterocycles. The van der Waals surface area contributed by atoms with E-state index in [1.54, 1.807) is 6.07 Å². The van der Waals surface area contributed by atoms with E-state index in [9.17, 15) is 14.9 Å². The molecule has 1 N–H and O–H groups in total. The summed E-state index contributed by atoms with van der Waals surface area (Å²) in [6, 6.07) is 4.52.